The summed E-state index contributed by atoms with van der Waals surface area (Å²) in [5.74, 6) is 0. The molecule has 0 saturated carbocycles. The molecule has 2 aliphatic rings. The van der Waals surface area contributed by atoms with Crippen molar-refractivity contribution in [1.82, 2.24) is 4.90 Å². The fourth-order valence-electron chi connectivity index (χ4n) is 2.76. The molecule has 2 heterocycles. The third-order valence-corrected chi connectivity index (χ3v) is 3.80. The molecule has 0 N–H and O–H groups in total. The zero-order chi connectivity index (χ0) is 12.5. The van der Waals surface area contributed by atoms with Crippen molar-refractivity contribution >= 4 is 0 Å². The van der Waals surface area contributed by atoms with Crippen molar-refractivity contribution in [1.29, 1.82) is 0 Å². The number of likely N-dealkylation sites (N-methyl/N-ethyl adjacent to an activating group) is 1. The Morgan fingerprint density at radius 1 is 1.22 bits per heavy atom. The summed E-state index contributed by atoms with van der Waals surface area (Å²) in [7, 11) is 3.80. The van der Waals surface area contributed by atoms with Gasteiger partial charge in [0.2, 0.25) is 0 Å². The molecule has 98 valence electrons. The molecule has 0 amide bonds. The van der Waals surface area contributed by atoms with E-state index >= 15 is 0 Å². The number of morpholine rings is 1. The smallest absolute Gasteiger partial charge is 0.174 e. The number of fused-ring (bicyclic) bond motifs is 1. The van der Waals surface area contributed by atoms with Crippen LogP contribution in [0.4, 0.5) is 0 Å². The largest absolute Gasteiger partial charge is 0.374 e. The van der Waals surface area contributed by atoms with Crippen molar-refractivity contribution < 1.29 is 14.2 Å². The normalized spacial score (nSPS) is 37.6. The van der Waals surface area contributed by atoms with E-state index in [-0.39, 0.29) is 12.4 Å². The zero-order valence-electron chi connectivity index (χ0n) is 10.8. The van der Waals surface area contributed by atoms with Gasteiger partial charge in [-0.1, -0.05) is 30.3 Å². The average molecular weight is 249 g/mol. The second-order valence-corrected chi connectivity index (χ2v) is 4.93. The lowest BCUT2D eigenvalue weighted by Gasteiger charge is -2.19. The molecule has 4 nitrogen and oxygen atoms in total. The molecule has 0 spiro atoms. The van der Waals surface area contributed by atoms with E-state index in [0.29, 0.717) is 25.3 Å². The third kappa shape index (κ3) is 2.17. The Balaban J connectivity index is 1.47. The van der Waals surface area contributed by atoms with Gasteiger partial charge >= 0.3 is 0 Å². The molecule has 1 unspecified atom stereocenters. The maximum atomic E-state index is 5.79. The van der Waals surface area contributed by atoms with Gasteiger partial charge in [0.1, 0.15) is 6.10 Å². The lowest BCUT2D eigenvalue weighted by Crippen LogP contribution is -2.30. The molecule has 0 radical (unpaired) electrons. The predicted molar refractivity (Wildman–Crippen MR) is 67.1 cm³/mol. The Hall–Kier alpha value is -0.940. The van der Waals surface area contributed by atoms with Crippen molar-refractivity contribution in [3.63, 3.8) is 0 Å². The Morgan fingerprint density at radius 2 is 2.00 bits per heavy atom. The number of hydrogen-bond donors (Lipinski definition) is 0. The molecule has 2 saturated heterocycles. The summed E-state index contributed by atoms with van der Waals surface area (Å²) in [6.07, 6.45) is 0.0407. The van der Waals surface area contributed by atoms with Gasteiger partial charge in [-0.3, -0.25) is 4.90 Å². The Kier molecular flexibility index (Phi) is 3.35. The fourth-order valence-corrected chi connectivity index (χ4v) is 2.76. The molecule has 4 heteroatoms. The van der Waals surface area contributed by atoms with Crippen LogP contribution in [0, 0.1) is 0 Å². The van der Waals surface area contributed by atoms with Gasteiger partial charge in [0.25, 0.3) is 0 Å². The highest BCUT2D eigenvalue weighted by molar-refractivity contribution is 5.14. The standard InChI is InChI=1S/C14H19NO3/c1-15-12-11(18-14(16-2)13(12)15)9-17-8-10-6-4-3-5-7-10/h3-7,11-14H,8-9H2,1-2H3/t11-,12-,13-,14+,15?/m1/s1. The van der Waals surface area contributed by atoms with Crippen molar-refractivity contribution in [2.75, 3.05) is 20.8 Å². The first-order valence-electron chi connectivity index (χ1n) is 6.33. The molecule has 2 fully saturated rings. The second-order valence-electron chi connectivity index (χ2n) is 4.93. The van der Waals surface area contributed by atoms with E-state index < -0.39 is 0 Å². The van der Waals surface area contributed by atoms with Gasteiger partial charge in [0.05, 0.1) is 25.3 Å². The van der Waals surface area contributed by atoms with E-state index in [0.717, 1.165) is 0 Å². The summed E-state index contributed by atoms with van der Waals surface area (Å²) in [5, 5.41) is 0. The summed E-state index contributed by atoms with van der Waals surface area (Å²) in [6.45, 7) is 1.26. The first kappa shape index (κ1) is 12.1. The number of nitrogens with zero attached hydrogens (tertiary/aromatic N) is 1. The molecule has 5 atom stereocenters. The van der Waals surface area contributed by atoms with Crippen LogP contribution in [-0.4, -0.2) is 50.1 Å². The lowest BCUT2D eigenvalue weighted by molar-refractivity contribution is -0.155. The molecule has 1 aromatic carbocycles. The monoisotopic (exact) mass is 249 g/mol. The lowest BCUT2D eigenvalue weighted by atomic mass is 10.2. The van der Waals surface area contributed by atoms with E-state index in [4.69, 9.17) is 14.2 Å². The molecular formula is C14H19NO3. The Morgan fingerprint density at radius 3 is 2.67 bits per heavy atom. The van der Waals surface area contributed by atoms with Crippen LogP contribution in [-0.2, 0) is 20.8 Å². The molecule has 0 bridgehead atoms. The Bertz CT molecular complexity index is 397. The van der Waals surface area contributed by atoms with Gasteiger partial charge in [-0.15, -0.1) is 0 Å². The quantitative estimate of drug-likeness (QED) is 0.735. The van der Waals surface area contributed by atoms with Crippen molar-refractivity contribution in [3.8, 4) is 0 Å². The van der Waals surface area contributed by atoms with Gasteiger partial charge in [-0.2, -0.15) is 0 Å². The van der Waals surface area contributed by atoms with Crippen LogP contribution in [0.2, 0.25) is 0 Å². The molecular weight excluding hydrogens is 230 g/mol. The van der Waals surface area contributed by atoms with Crippen LogP contribution in [0.3, 0.4) is 0 Å². The molecule has 18 heavy (non-hydrogen) atoms. The van der Waals surface area contributed by atoms with E-state index in [1.165, 1.54) is 5.56 Å². The second kappa shape index (κ2) is 4.97. The number of ether oxygens (including phenoxy) is 3. The fraction of sp³-hybridized carbons (Fsp3) is 0.571. The third-order valence-electron chi connectivity index (χ3n) is 3.80. The van der Waals surface area contributed by atoms with E-state index in [1.807, 2.05) is 18.2 Å². The summed E-state index contributed by atoms with van der Waals surface area (Å²) < 4.78 is 16.8. The van der Waals surface area contributed by atoms with Gasteiger partial charge in [-0.05, 0) is 12.6 Å². The topological polar surface area (TPSA) is 30.7 Å². The number of rotatable bonds is 5. The van der Waals surface area contributed by atoms with Crippen LogP contribution < -0.4 is 0 Å². The minimum absolute atomic E-state index is 0.0923. The molecule has 1 aromatic rings. The molecule has 3 rings (SSSR count). The van der Waals surface area contributed by atoms with Crippen molar-refractivity contribution in [2.24, 2.45) is 0 Å². The highest BCUT2D eigenvalue weighted by Gasteiger charge is 2.61. The Labute approximate surface area is 107 Å². The first-order valence-corrected chi connectivity index (χ1v) is 6.33. The highest BCUT2D eigenvalue weighted by Crippen LogP contribution is 2.41. The van der Waals surface area contributed by atoms with Crippen LogP contribution in [0.1, 0.15) is 5.56 Å². The SMILES string of the molecule is CO[C@H]1O[C@H](COCc2ccccc2)[C@@H]2[C@H]1N2C. The van der Waals surface area contributed by atoms with Gasteiger partial charge in [0.15, 0.2) is 6.29 Å². The zero-order valence-corrected chi connectivity index (χ0v) is 10.8. The van der Waals surface area contributed by atoms with E-state index in [2.05, 4.69) is 24.1 Å². The van der Waals surface area contributed by atoms with Crippen molar-refractivity contribution in [3.05, 3.63) is 35.9 Å². The molecule has 0 aromatic heterocycles. The van der Waals surface area contributed by atoms with Crippen LogP contribution in [0.5, 0.6) is 0 Å². The summed E-state index contributed by atoms with van der Waals surface area (Å²) in [5.41, 5.74) is 1.19. The summed E-state index contributed by atoms with van der Waals surface area (Å²) in [6, 6.07) is 11.1. The van der Waals surface area contributed by atoms with Crippen LogP contribution in [0.25, 0.3) is 0 Å². The summed E-state index contributed by atoms with van der Waals surface area (Å²) >= 11 is 0. The van der Waals surface area contributed by atoms with Gasteiger partial charge < -0.3 is 14.2 Å². The van der Waals surface area contributed by atoms with Crippen LogP contribution in [0.15, 0.2) is 30.3 Å². The predicted octanol–water partition coefficient (Wildman–Crippen LogP) is 1.26. The maximum absolute atomic E-state index is 5.79. The average Bonchev–Trinajstić information content (AvgIpc) is 2.91. The van der Waals surface area contributed by atoms with Gasteiger partial charge in [-0.25, -0.2) is 0 Å². The minimum atomic E-state index is -0.0923. The summed E-state index contributed by atoms with van der Waals surface area (Å²) in [4.78, 5) is 2.29. The van der Waals surface area contributed by atoms with Gasteiger partial charge in [0, 0.05) is 7.11 Å². The molecule has 2 aliphatic heterocycles. The number of hydrogen-bond acceptors (Lipinski definition) is 4. The number of benzene rings is 1. The highest BCUT2D eigenvalue weighted by atomic mass is 16.7. The van der Waals surface area contributed by atoms with Crippen LogP contribution >= 0.6 is 0 Å². The number of methoxy groups -OCH3 is 1. The molecule has 0 aliphatic carbocycles. The van der Waals surface area contributed by atoms with E-state index in [9.17, 15) is 0 Å². The first-order chi connectivity index (χ1) is 8.81. The van der Waals surface area contributed by atoms with Crippen molar-refractivity contribution in [2.45, 2.75) is 31.1 Å². The maximum Gasteiger partial charge on any atom is 0.174 e. The minimum Gasteiger partial charge on any atom is -0.374 e. The van der Waals surface area contributed by atoms with E-state index in [1.54, 1.807) is 7.11 Å².